The Balaban J connectivity index is 2.38. The third-order valence-electron chi connectivity index (χ3n) is 4.26. The lowest BCUT2D eigenvalue weighted by molar-refractivity contribution is -0.384. The zero-order valence-corrected chi connectivity index (χ0v) is 12.0. The van der Waals surface area contributed by atoms with E-state index in [1.807, 2.05) is 11.9 Å². The van der Waals surface area contributed by atoms with Crippen LogP contribution in [0.3, 0.4) is 0 Å². The zero-order valence-electron chi connectivity index (χ0n) is 12.0. The highest BCUT2D eigenvalue weighted by Gasteiger charge is 2.32. The summed E-state index contributed by atoms with van der Waals surface area (Å²) < 4.78 is 0. The van der Waals surface area contributed by atoms with Gasteiger partial charge < -0.3 is 16.4 Å². The summed E-state index contributed by atoms with van der Waals surface area (Å²) >= 11 is 0. The number of hydrogen-bond acceptors (Lipinski definition) is 5. The fourth-order valence-corrected chi connectivity index (χ4v) is 3.10. The molecule has 114 valence electrons. The molecular formula is C14H20N4O3. The standard InChI is InChI=1S/C14H20N4O3/c1-17(11-4-2-3-10(11)8-15)12-6-5-9(14(16)19)7-13(12)18(20)21/h5-7,10-11H,2-4,8,15H2,1H3,(H2,16,19). The van der Waals surface area contributed by atoms with Gasteiger partial charge in [-0.05, 0) is 37.4 Å². The Morgan fingerprint density at radius 1 is 1.48 bits per heavy atom. The number of nitro benzene ring substituents is 1. The van der Waals surface area contributed by atoms with Crippen molar-refractivity contribution in [1.29, 1.82) is 0 Å². The maximum atomic E-state index is 11.3. The lowest BCUT2D eigenvalue weighted by atomic mass is 10.0. The van der Waals surface area contributed by atoms with Crippen molar-refractivity contribution in [3.63, 3.8) is 0 Å². The lowest BCUT2D eigenvalue weighted by Crippen LogP contribution is -2.38. The molecule has 0 radical (unpaired) electrons. The fraction of sp³-hybridized carbons (Fsp3) is 0.500. The normalized spacial score (nSPS) is 21.2. The van der Waals surface area contributed by atoms with Crippen molar-refractivity contribution in [2.24, 2.45) is 17.4 Å². The van der Waals surface area contributed by atoms with Gasteiger partial charge in [-0.3, -0.25) is 14.9 Å². The first-order chi connectivity index (χ1) is 9.95. The van der Waals surface area contributed by atoms with E-state index in [1.165, 1.54) is 12.1 Å². The molecule has 1 amide bonds. The molecule has 1 aliphatic carbocycles. The predicted octanol–water partition coefficient (Wildman–Crippen LogP) is 1.26. The van der Waals surface area contributed by atoms with Crippen molar-refractivity contribution in [3.05, 3.63) is 33.9 Å². The highest BCUT2D eigenvalue weighted by Crippen LogP contribution is 2.36. The van der Waals surface area contributed by atoms with E-state index in [9.17, 15) is 14.9 Å². The second-order valence-corrected chi connectivity index (χ2v) is 5.43. The van der Waals surface area contributed by atoms with E-state index < -0.39 is 10.8 Å². The van der Waals surface area contributed by atoms with Crippen LogP contribution in [0.2, 0.25) is 0 Å². The Labute approximate surface area is 123 Å². The molecule has 0 saturated heterocycles. The van der Waals surface area contributed by atoms with Crippen LogP contribution < -0.4 is 16.4 Å². The molecule has 0 spiro atoms. The number of carbonyl (C=O) groups is 1. The summed E-state index contributed by atoms with van der Waals surface area (Å²) in [6.07, 6.45) is 3.08. The number of primary amides is 1. The molecule has 2 atom stereocenters. The summed E-state index contributed by atoms with van der Waals surface area (Å²) in [5.74, 6) is -0.335. The Kier molecular flexibility index (Phi) is 4.42. The van der Waals surface area contributed by atoms with Crippen molar-refractivity contribution in [2.75, 3.05) is 18.5 Å². The van der Waals surface area contributed by atoms with Gasteiger partial charge in [-0.1, -0.05) is 6.42 Å². The van der Waals surface area contributed by atoms with Crippen LogP contribution in [0.1, 0.15) is 29.6 Å². The van der Waals surface area contributed by atoms with Crippen LogP contribution in [-0.4, -0.2) is 30.5 Å². The van der Waals surface area contributed by atoms with E-state index in [1.54, 1.807) is 6.07 Å². The van der Waals surface area contributed by atoms with E-state index >= 15 is 0 Å². The van der Waals surface area contributed by atoms with E-state index in [2.05, 4.69) is 0 Å². The molecule has 2 rings (SSSR count). The van der Waals surface area contributed by atoms with Gasteiger partial charge in [0.2, 0.25) is 5.91 Å². The molecule has 7 nitrogen and oxygen atoms in total. The number of amides is 1. The maximum absolute atomic E-state index is 11.3. The molecule has 0 aromatic heterocycles. The first kappa shape index (κ1) is 15.2. The Morgan fingerprint density at radius 2 is 2.19 bits per heavy atom. The maximum Gasteiger partial charge on any atom is 0.293 e. The molecule has 21 heavy (non-hydrogen) atoms. The minimum absolute atomic E-state index is 0.100. The Bertz CT molecular complexity index is 561. The van der Waals surface area contributed by atoms with Gasteiger partial charge in [-0.2, -0.15) is 0 Å². The van der Waals surface area contributed by atoms with E-state index in [4.69, 9.17) is 11.5 Å². The smallest absolute Gasteiger partial charge is 0.293 e. The summed E-state index contributed by atoms with van der Waals surface area (Å²) in [6, 6.07) is 4.53. The van der Waals surface area contributed by atoms with Gasteiger partial charge >= 0.3 is 0 Å². The minimum atomic E-state index is -0.673. The van der Waals surface area contributed by atoms with Crippen LogP contribution in [0.25, 0.3) is 0 Å². The van der Waals surface area contributed by atoms with Crippen molar-refractivity contribution in [1.82, 2.24) is 0 Å². The van der Waals surface area contributed by atoms with Gasteiger partial charge in [0.05, 0.1) is 4.92 Å². The highest BCUT2D eigenvalue weighted by molar-refractivity contribution is 5.94. The van der Waals surface area contributed by atoms with Crippen LogP contribution in [0.4, 0.5) is 11.4 Å². The summed E-state index contributed by atoms with van der Waals surface area (Å²) in [5, 5.41) is 11.3. The average Bonchev–Trinajstić information content (AvgIpc) is 2.94. The predicted molar refractivity (Wildman–Crippen MR) is 80.2 cm³/mol. The Hall–Kier alpha value is -2.15. The number of hydrogen-bond donors (Lipinski definition) is 2. The van der Waals surface area contributed by atoms with Gasteiger partial charge in [0.25, 0.3) is 5.69 Å². The SMILES string of the molecule is CN(c1ccc(C(N)=O)cc1[N+](=O)[O-])C1CCCC1CN. The number of rotatable bonds is 5. The van der Waals surface area contributed by atoms with Gasteiger partial charge in [0.15, 0.2) is 0 Å². The van der Waals surface area contributed by atoms with Gasteiger partial charge in [0, 0.05) is 24.7 Å². The van der Waals surface area contributed by atoms with Gasteiger partial charge in [-0.15, -0.1) is 0 Å². The molecule has 0 heterocycles. The first-order valence-corrected chi connectivity index (χ1v) is 6.96. The summed E-state index contributed by atoms with van der Waals surface area (Å²) in [4.78, 5) is 23.9. The third-order valence-corrected chi connectivity index (χ3v) is 4.26. The summed E-state index contributed by atoms with van der Waals surface area (Å²) in [5.41, 5.74) is 11.5. The molecule has 1 aliphatic rings. The molecule has 0 bridgehead atoms. The van der Waals surface area contributed by atoms with Gasteiger partial charge in [-0.25, -0.2) is 0 Å². The van der Waals surface area contributed by atoms with E-state index in [0.29, 0.717) is 18.2 Å². The minimum Gasteiger partial charge on any atom is -0.366 e. The van der Waals surface area contributed by atoms with Crippen LogP contribution in [0.15, 0.2) is 18.2 Å². The van der Waals surface area contributed by atoms with Crippen molar-refractivity contribution in [2.45, 2.75) is 25.3 Å². The average molecular weight is 292 g/mol. The number of nitro groups is 1. The first-order valence-electron chi connectivity index (χ1n) is 6.96. The molecule has 7 heteroatoms. The van der Waals surface area contributed by atoms with Gasteiger partial charge in [0.1, 0.15) is 5.69 Å². The fourth-order valence-electron chi connectivity index (χ4n) is 3.10. The molecular weight excluding hydrogens is 272 g/mol. The van der Waals surface area contributed by atoms with Crippen molar-refractivity contribution in [3.8, 4) is 0 Å². The summed E-state index contributed by atoms with van der Waals surface area (Å²) in [6.45, 7) is 0.572. The van der Waals surface area contributed by atoms with Crippen LogP contribution in [0, 0.1) is 16.0 Å². The number of carbonyl (C=O) groups excluding carboxylic acids is 1. The molecule has 1 aromatic rings. The highest BCUT2D eigenvalue weighted by atomic mass is 16.6. The number of benzene rings is 1. The molecule has 1 saturated carbocycles. The lowest BCUT2D eigenvalue weighted by Gasteiger charge is -2.30. The zero-order chi connectivity index (χ0) is 15.6. The molecule has 2 unspecified atom stereocenters. The van der Waals surface area contributed by atoms with E-state index in [-0.39, 0.29) is 17.3 Å². The quantitative estimate of drug-likeness (QED) is 0.626. The molecule has 1 aromatic carbocycles. The largest absolute Gasteiger partial charge is 0.366 e. The van der Waals surface area contributed by atoms with Crippen LogP contribution in [-0.2, 0) is 0 Å². The monoisotopic (exact) mass is 292 g/mol. The number of anilines is 1. The van der Waals surface area contributed by atoms with Crippen LogP contribution in [0.5, 0.6) is 0 Å². The van der Waals surface area contributed by atoms with Crippen LogP contribution >= 0.6 is 0 Å². The van der Waals surface area contributed by atoms with Crippen molar-refractivity contribution >= 4 is 17.3 Å². The second-order valence-electron chi connectivity index (χ2n) is 5.43. The number of nitrogens with two attached hydrogens (primary N) is 2. The topological polar surface area (TPSA) is 115 Å². The molecule has 1 fully saturated rings. The molecule has 0 aliphatic heterocycles. The van der Waals surface area contributed by atoms with E-state index in [0.717, 1.165) is 19.3 Å². The van der Waals surface area contributed by atoms with Crippen molar-refractivity contribution < 1.29 is 9.72 Å². The summed E-state index contributed by atoms with van der Waals surface area (Å²) in [7, 11) is 1.84. The number of nitrogens with zero attached hydrogens (tertiary/aromatic N) is 2. The third kappa shape index (κ3) is 2.97. The second kappa shape index (κ2) is 6.09. The molecule has 4 N–H and O–H groups in total. The Morgan fingerprint density at radius 3 is 2.76 bits per heavy atom.